The SMILES string of the molecule is CNCC(C)(C)N1CCCC1. The van der Waals surface area contributed by atoms with Gasteiger partial charge >= 0.3 is 0 Å². The van der Waals surface area contributed by atoms with Gasteiger partial charge in [-0.1, -0.05) is 0 Å². The molecule has 1 rings (SSSR count). The molecule has 0 amide bonds. The third-order valence-corrected chi connectivity index (χ3v) is 2.57. The molecular weight excluding hydrogens is 136 g/mol. The quantitative estimate of drug-likeness (QED) is 0.658. The minimum atomic E-state index is 0.352. The molecule has 1 heterocycles. The van der Waals surface area contributed by atoms with E-state index in [9.17, 15) is 0 Å². The maximum Gasteiger partial charge on any atom is 0.0277 e. The molecule has 2 heteroatoms. The third kappa shape index (κ3) is 2.17. The van der Waals surface area contributed by atoms with Crippen LogP contribution in [0.15, 0.2) is 0 Å². The summed E-state index contributed by atoms with van der Waals surface area (Å²) in [6.07, 6.45) is 2.76. The van der Waals surface area contributed by atoms with Crippen LogP contribution in [0.4, 0.5) is 0 Å². The largest absolute Gasteiger partial charge is 0.318 e. The van der Waals surface area contributed by atoms with Crippen LogP contribution in [0.3, 0.4) is 0 Å². The summed E-state index contributed by atoms with van der Waals surface area (Å²) in [7, 11) is 2.03. The van der Waals surface area contributed by atoms with Crippen molar-refractivity contribution >= 4 is 0 Å². The topological polar surface area (TPSA) is 15.3 Å². The summed E-state index contributed by atoms with van der Waals surface area (Å²) in [5.41, 5.74) is 0.352. The van der Waals surface area contributed by atoms with Crippen molar-refractivity contribution in [2.24, 2.45) is 0 Å². The van der Waals surface area contributed by atoms with Gasteiger partial charge < -0.3 is 5.32 Å². The Kier molecular flexibility index (Phi) is 2.90. The molecule has 1 aliphatic heterocycles. The van der Waals surface area contributed by atoms with E-state index < -0.39 is 0 Å². The van der Waals surface area contributed by atoms with Gasteiger partial charge in [0.05, 0.1) is 0 Å². The molecule has 0 bridgehead atoms. The van der Waals surface area contributed by atoms with E-state index in [1.807, 2.05) is 7.05 Å². The fourth-order valence-corrected chi connectivity index (χ4v) is 1.87. The van der Waals surface area contributed by atoms with Crippen molar-refractivity contribution in [2.45, 2.75) is 32.2 Å². The molecule has 0 aromatic carbocycles. The van der Waals surface area contributed by atoms with Gasteiger partial charge in [0.15, 0.2) is 0 Å². The average Bonchev–Trinajstić information content (AvgIpc) is 2.37. The number of hydrogen-bond donors (Lipinski definition) is 1. The van der Waals surface area contributed by atoms with E-state index in [1.165, 1.54) is 25.9 Å². The predicted molar refractivity (Wildman–Crippen MR) is 48.8 cm³/mol. The lowest BCUT2D eigenvalue weighted by molar-refractivity contribution is 0.154. The van der Waals surface area contributed by atoms with Crippen LogP contribution in [-0.4, -0.2) is 37.1 Å². The zero-order valence-corrected chi connectivity index (χ0v) is 7.98. The predicted octanol–water partition coefficient (Wildman–Crippen LogP) is 1.08. The van der Waals surface area contributed by atoms with Gasteiger partial charge in [0.2, 0.25) is 0 Å². The van der Waals surface area contributed by atoms with E-state index in [2.05, 4.69) is 24.1 Å². The first-order chi connectivity index (χ1) is 5.17. The van der Waals surface area contributed by atoms with Crippen LogP contribution in [0.2, 0.25) is 0 Å². The molecule has 0 unspecified atom stereocenters. The summed E-state index contributed by atoms with van der Waals surface area (Å²) in [4.78, 5) is 2.57. The first-order valence-electron chi connectivity index (χ1n) is 4.56. The van der Waals surface area contributed by atoms with Gasteiger partial charge in [-0.25, -0.2) is 0 Å². The fourth-order valence-electron chi connectivity index (χ4n) is 1.87. The maximum absolute atomic E-state index is 3.24. The summed E-state index contributed by atoms with van der Waals surface area (Å²) in [5, 5.41) is 3.24. The molecule has 1 fully saturated rings. The van der Waals surface area contributed by atoms with E-state index in [1.54, 1.807) is 0 Å². The van der Waals surface area contributed by atoms with Gasteiger partial charge in [-0.15, -0.1) is 0 Å². The Bertz CT molecular complexity index is 115. The second-order valence-electron chi connectivity index (χ2n) is 4.04. The van der Waals surface area contributed by atoms with Crippen LogP contribution in [0.25, 0.3) is 0 Å². The minimum Gasteiger partial charge on any atom is -0.318 e. The zero-order chi connectivity index (χ0) is 8.32. The average molecular weight is 156 g/mol. The van der Waals surface area contributed by atoms with Crippen LogP contribution in [0, 0.1) is 0 Å². The Morgan fingerprint density at radius 3 is 2.27 bits per heavy atom. The number of likely N-dealkylation sites (N-methyl/N-ethyl adjacent to an activating group) is 1. The standard InChI is InChI=1S/C9H20N2/c1-9(2,8-10-3)11-6-4-5-7-11/h10H,4-8H2,1-3H3. The molecular formula is C9H20N2. The molecule has 0 spiro atoms. The summed E-state index contributed by atoms with van der Waals surface area (Å²) >= 11 is 0. The van der Waals surface area contributed by atoms with Gasteiger partial charge in [-0.3, -0.25) is 4.90 Å². The van der Waals surface area contributed by atoms with Crippen molar-refractivity contribution < 1.29 is 0 Å². The van der Waals surface area contributed by atoms with Gasteiger partial charge in [-0.2, -0.15) is 0 Å². The Morgan fingerprint density at radius 1 is 1.27 bits per heavy atom. The van der Waals surface area contributed by atoms with Crippen molar-refractivity contribution in [3.05, 3.63) is 0 Å². The number of rotatable bonds is 3. The summed E-state index contributed by atoms with van der Waals surface area (Å²) < 4.78 is 0. The Balaban J connectivity index is 2.41. The molecule has 0 saturated carbocycles. The molecule has 2 nitrogen and oxygen atoms in total. The molecule has 1 N–H and O–H groups in total. The van der Waals surface area contributed by atoms with Gasteiger partial charge in [-0.05, 0) is 46.8 Å². The molecule has 0 aromatic rings. The number of nitrogens with one attached hydrogen (secondary N) is 1. The van der Waals surface area contributed by atoms with Crippen molar-refractivity contribution in [1.29, 1.82) is 0 Å². The highest BCUT2D eigenvalue weighted by Crippen LogP contribution is 2.19. The first-order valence-corrected chi connectivity index (χ1v) is 4.56. The first kappa shape index (κ1) is 9.01. The van der Waals surface area contributed by atoms with Crippen molar-refractivity contribution in [3.8, 4) is 0 Å². The molecule has 66 valence electrons. The third-order valence-electron chi connectivity index (χ3n) is 2.57. The monoisotopic (exact) mass is 156 g/mol. The molecule has 0 aromatic heterocycles. The highest BCUT2D eigenvalue weighted by atomic mass is 15.2. The van der Waals surface area contributed by atoms with E-state index in [4.69, 9.17) is 0 Å². The highest BCUT2D eigenvalue weighted by Gasteiger charge is 2.27. The number of nitrogens with zero attached hydrogens (tertiary/aromatic N) is 1. The Hall–Kier alpha value is -0.0800. The van der Waals surface area contributed by atoms with Crippen molar-refractivity contribution in [2.75, 3.05) is 26.7 Å². The molecule has 0 aliphatic carbocycles. The van der Waals surface area contributed by atoms with Crippen LogP contribution in [0.1, 0.15) is 26.7 Å². The smallest absolute Gasteiger partial charge is 0.0277 e. The second-order valence-corrected chi connectivity index (χ2v) is 4.04. The fraction of sp³-hybridized carbons (Fsp3) is 1.00. The van der Waals surface area contributed by atoms with Crippen LogP contribution in [0.5, 0.6) is 0 Å². The Morgan fingerprint density at radius 2 is 1.82 bits per heavy atom. The van der Waals surface area contributed by atoms with Crippen molar-refractivity contribution in [1.82, 2.24) is 10.2 Å². The zero-order valence-electron chi connectivity index (χ0n) is 7.98. The summed E-state index contributed by atoms with van der Waals surface area (Å²) in [6, 6.07) is 0. The lowest BCUT2D eigenvalue weighted by atomic mass is 10.0. The minimum absolute atomic E-state index is 0.352. The molecule has 1 aliphatic rings. The molecule has 0 radical (unpaired) electrons. The lowest BCUT2D eigenvalue weighted by Crippen LogP contribution is -2.48. The molecule has 11 heavy (non-hydrogen) atoms. The van der Waals surface area contributed by atoms with E-state index in [0.29, 0.717) is 5.54 Å². The van der Waals surface area contributed by atoms with Crippen molar-refractivity contribution in [3.63, 3.8) is 0 Å². The lowest BCUT2D eigenvalue weighted by Gasteiger charge is -2.35. The number of hydrogen-bond acceptors (Lipinski definition) is 2. The maximum atomic E-state index is 3.24. The van der Waals surface area contributed by atoms with E-state index in [-0.39, 0.29) is 0 Å². The van der Waals surface area contributed by atoms with Crippen LogP contribution in [-0.2, 0) is 0 Å². The number of likely N-dealkylation sites (tertiary alicyclic amines) is 1. The summed E-state index contributed by atoms with van der Waals surface area (Å²) in [5.74, 6) is 0. The van der Waals surface area contributed by atoms with Gasteiger partial charge in [0, 0.05) is 12.1 Å². The highest BCUT2D eigenvalue weighted by molar-refractivity contribution is 4.85. The van der Waals surface area contributed by atoms with Gasteiger partial charge in [0.25, 0.3) is 0 Å². The summed E-state index contributed by atoms with van der Waals surface area (Å²) in [6.45, 7) is 8.29. The van der Waals surface area contributed by atoms with E-state index in [0.717, 1.165) is 6.54 Å². The van der Waals surface area contributed by atoms with Crippen LogP contribution < -0.4 is 5.32 Å². The normalized spacial score (nSPS) is 21.0. The Labute approximate surface area is 70.0 Å². The van der Waals surface area contributed by atoms with Crippen LogP contribution >= 0.6 is 0 Å². The molecule has 0 atom stereocenters. The van der Waals surface area contributed by atoms with Gasteiger partial charge in [0.1, 0.15) is 0 Å². The molecule has 1 saturated heterocycles. The van der Waals surface area contributed by atoms with E-state index >= 15 is 0 Å². The second kappa shape index (κ2) is 3.55.